The highest BCUT2D eigenvalue weighted by Gasteiger charge is 2.14. The number of nitrogens with one attached hydrogen (secondary N) is 1. The maximum Gasteiger partial charge on any atom is 0.266 e. The quantitative estimate of drug-likeness (QED) is 0.259. The molecule has 176 valence electrons. The Morgan fingerprint density at radius 1 is 1.00 bits per heavy atom. The van der Waals surface area contributed by atoms with Crippen molar-refractivity contribution in [1.29, 1.82) is 10.5 Å². The molecule has 0 radical (unpaired) electrons. The van der Waals surface area contributed by atoms with Crippen LogP contribution in [0.25, 0.3) is 6.08 Å². The van der Waals surface area contributed by atoms with Gasteiger partial charge in [-0.05, 0) is 60.5 Å². The zero-order valence-electron chi connectivity index (χ0n) is 19.0. The smallest absolute Gasteiger partial charge is 0.266 e. The molecule has 0 aliphatic heterocycles. The molecule has 0 bridgehead atoms. The van der Waals surface area contributed by atoms with Crippen LogP contribution in [0, 0.1) is 22.7 Å². The SMILES string of the molecule is CCOc1cc(/C=C(\C#N)C(=O)Nc2ccc(OCc3ccccc3)cc2)c(Br)cc1OCC#N. The van der Waals surface area contributed by atoms with E-state index in [-0.39, 0.29) is 12.2 Å². The van der Waals surface area contributed by atoms with E-state index in [2.05, 4.69) is 21.2 Å². The summed E-state index contributed by atoms with van der Waals surface area (Å²) in [4.78, 5) is 12.7. The molecule has 3 aromatic carbocycles. The first-order valence-corrected chi connectivity index (χ1v) is 11.5. The lowest BCUT2D eigenvalue weighted by atomic mass is 10.1. The minimum atomic E-state index is -0.555. The van der Waals surface area contributed by atoms with Crippen molar-refractivity contribution in [2.24, 2.45) is 0 Å². The van der Waals surface area contributed by atoms with Gasteiger partial charge in [-0.15, -0.1) is 0 Å². The minimum Gasteiger partial charge on any atom is -0.490 e. The maximum absolute atomic E-state index is 12.7. The Morgan fingerprint density at radius 2 is 1.71 bits per heavy atom. The summed E-state index contributed by atoms with van der Waals surface area (Å²) in [6.45, 7) is 2.50. The van der Waals surface area contributed by atoms with E-state index in [1.165, 1.54) is 6.08 Å². The Morgan fingerprint density at radius 3 is 2.37 bits per heavy atom. The van der Waals surface area contributed by atoms with Crippen molar-refractivity contribution < 1.29 is 19.0 Å². The number of amides is 1. The summed E-state index contributed by atoms with van der Waals surface area (Å²) in [7, 11) is 0. The molecule has 0 fully saturated rings. The number of benzene rings is 3. The van der Waals surface area contributed by atoms with E-state index < -0.39 is 5.91 Å². The molecule has 0 saturated heterocycles. The Bertz CT molecular complexity index is 1280. The summed E-state index contributed by atoms with van der Waals surface area (Å²) in [6, 6.07) is 23.8. The summed E-state index contributed by atoms with van der Waals surface area (Å²) in [5, 5.41) is 21.1. The van der Waals surface area contributed by atoms with Gasteiger partial charge in [0, 0.05) is 10.2 Å². The van der Waals surface area contributed by atoms with Crippen LogP contribution in [0.1, 0.15) is 18.1 Å². The average molecular weight is 532 g/mol. The topological polar surface area (TPSA) is 104 Å². The molecule has 35 heavy (non-hydrogen) atoms. The number of ether oxygens (including phenoxy) is 3. The van der Waals surface area contributed by atoms with Crippen LogP contribution < -0.4 is 19.5 Å². The van der Waals surface area contributed by atoms with Crippen LogP contribution in [0.3, 0.4) is 0 Å². The van der Waals surface area contributed by atoms with Gasteiger partial charge in [-0.1, -0.05) is 46.3 Å². The lowest BCUT2D eigenvalue weighted by Crippen LogP contribution is -2.13. The van der Waals surface area contributed by atoms with Gasteiger partial charge >= 0.3 is 0 Å². The maximum atomic E-state index is 12.7. The van der Waals surface area contributed by atoms with Crippen LogP contribution in [0.4, 0.5) is 5.69 Å². The minimum absolute atomic E-state index is 0.0942. The fraction of sp³-hybridized carbons (Fsp3) is 0.148. The van der Waals surface area contributed by atoms with Crippen molar-refractivity contribution in [2.45, 2.75) is 13.5 Å². The Hall–Kier alpha value is -4.27. The summed E-state index contributed by atoms with van der Waals surface area (Å²) in [5.41, 5.74) is 2.03. The summed E-state index contributed by atoms with van der Waals surface area (Å²) < 4.78 is 17.3. The normalized spacial score (nSPS) is 10.6. The van der Waals surface area contributed by atoms with Crippen molar-refractivity contribution in [3.63, 3.8) is 0 Å². The van der Waals surface area contributed by atoms with Gasteiger partial charge in [-0.25, -0.2) is 0 Å². The van der Waals surface area contributed by atoms with Crippen LogP contribution in [0.5, 0.6) is 17.2 Å². The molecule has 0 spiro atoms. The van der Waals surface area contributed by atoms with Gasteiger partial charge in [0.2, 0.25) is 0 Å². The number of rotatable bonds is 10. The van der Waals surface area contributed by atoms with Crippen molar-refractivity contribution in [3.05, 3.63) is 87.9 Å². The molecular formula is C27H22BrN3O4. The van der Waals surface area contributed by atoms with Crippen LogP contribution in [0.2, 0.25) is 0 Å². The van der Waals surface area contributed by atoms with Gasteiger partial charge in [-0.2, -0.15) is 10.5 Å². The number of hydrogen-bond acceptors (Lipinski definition) is 6. The zero-order valence-corrected chi connectivity index (χ0v) is 20.5. The molecule has 3 aromatic rings. The number of hydrogen-bond donors (Lipinski definition) is 1. The highest BCUT2D eigenvalue weighted by atomic mass is 79.9. The van der Waals surface area contributed by atoms with Gasteiger partial charge in [-0.3, -0.25) is 4.79 Å². The van der Waals surface area contributed by atoms with Crippen molar-refractivity contribution in [2.75, 3.05) is 18.5 Å². The molecule has 1 amide bonds. The van der Waals surface area contributed by atoms with E-state index in [0.29, 0.717) is 46.2 Å². The molecule has 0 saturated carbocycles. The Kier molecular flexibility index (Phi) is 9.30. The molecule has 0 aromatic heterocycles. The second kappa shape index (κ2) is 12.8. The number of anilines is 1. The van der Waals surface area contributed by atoms with E-state index in [9.17, 15) is 10.1 Å². The highest BCUT2D eigenvalue weighted by molar-refractivity contribution is 9.10. The fourth-order valence-corrected chi connectivity index (χ4v) is 3.47. The highest BCUT2D eigenvalue weighted by Crippen LogP contribution is 2.35. The first-order valence-electron chi connectivity index (χ1n) is 10.7. The number of halogens is 1. The molecule has 0 aliphatic carbocycles. The molecule has 0 unspecified atom stereocenters. The predicted octanol–water partition coefficient (Wildman–Crippen LogP) is 5.87. The molecule has 0 atom stereocenters. The number of nitrogens with zero attached hydrogens (tertiary/aromatic N) is 2. The second-order valence-corrected chi connectivity index (χ2v) is 7.98. The number of carbonyl (C=O) groups is 1. The van der Waals surface area contributed by atoms with E-state index >= 15 is 0 Å². The van der Waals surface area contributed by atoms with Crippen molar-refractivity contribution >= 4 is 33.6 Å². The van der Waals surface area contributed by atoms with Crippen LogP contribution >= 0.6 is 15.9 Å². The number of carbonyl (C=O) groups excluding carboxylic acids is 1. The first kappa shape index (κ1) is 25.4. The van der Waals surface area contributed by atoms with Crippen molar-refractivity contribution in [3.8, 4) is 29.4 Å². The molecule has 3 rings (SSSR count). The summed E-state index contributed by atoms with van der Waals surface area (Å²) in [6.07, 6.45) is 1.45. The first-order chi connectivity index (χ1) is 17.0. The van der Waals surface area contributed by atoms with Gasteiger partial charge < -0.3 is 19.5 Å². The lowest BCUT2D eigenvalue weighted by Gasteiger charge is -2.12. The third-order valence-corrected chi connectivity index (χ3v) is 5.37. The Balaban J connectivity index is 1.71. The van der Waals surface area contributed by atoms with Gasteiger partial charge in [0.05, 0.1) is 6.61 Å². The largest absolute Gasteiger partial charge is 0.490 e. The third-order valence-electron chi connectivity index (χ3n) is 4.68. The van der Waals surface area contributed by atoms with Gasteiger partial charge in [0.15, 0.2) is 18.1 Å². The van der Waals surface area contributed by atoms with Crippen LogP contribution in [-0.4, -0.2) is 19.1 Å². The number of nitriles is 2. The van der Waals surface area contributed by atoms with Gasteiger partial charge in [0.25, 0.3) is 5.91 Å². The van der Waals surface area contributed by atoms with Crippen LogP contribution in [-0.2, 0) is 11.4 Å². The lowest BCUT2D eigenvalue weighted by molar-refractivity contribution is -0.112. The van der Waals surface area contributed by atoms with E-state index in [0.717, 1.165) is 5.56 Å². The standard InChI is InChI=1S/C27H22BrN3O4/c1-2-33-25-15-20(24(28)16-26(25)34-13-12-29)14-21(17-30)27(32)31-22-8-10-23(11-9-22)35-18-19-6-4-3-5-7-19/h3-11,14-16H,2,13,18H2,1H3,(H,31,32)/b21-14+. The predicted molar refractivity (Wildman–Crippen MR) is 136 cm³/mol. The molecule has 7 nitrogen and oxygen atoms in total. The summed E-state index contributed by atoms with van der Waals surface area (Å²) in [5.74, 6) is 0.894. The summed E-state index contributed by atoms with van der Waals surface area (Å²) >= 11 is 3.42. The molecule has 1 N–H and O–H groups in total. The average Bonchev–Trinajstić information content (AvgIpc) is 2.88. The fourth-order valence-electron chi connectivity index (χ4n) is 3.03. The van der Waals surface area contributed by atoms with E-state index in [4.69, 9.17) is 19.5 Å². The molecule has 8 heteroatoms. The van der Waals surface area contributed by atoms with Crippen LogP contribution in [0.15, 0.2) is 76.8 Å². The van der Waals surface area contributed by atoms with E-state index in [1.54, 1.807) is 36.4 Å². The second-order valence-electron chi connectivity index (χ2n) is 7.12. The third kappa shape index (κ3) is 7.36. The molecular weight excluding hydrogens is 510 g/mol. The molecule has 0 aliphatic rings. The molecule has 0 heterocycles. The monoisotopic (exact) mass is 531 g/mol. The van der Waals surface area contributed by atoms with E-state index in [1.807, 2.05) is 49.4 Å². The zero-order chi connectivity index (χ0) is 25.0. The Labute approximate surface area is 212 Å². The van der Waals surface area contributed by atoms with Crippen molar-refractivity contribution in [1.82, 2.24) is 0 Å². The van der Waals surface area contributed by atoms with Gasteiger partial charge in [0.1, 0.15) is 30.1 Å².